The van der Waals surface area contributed by atoms with E-state index in [4.69, 9.17) is 5.73 Å². The third-order valence-corrected chi connectivity index (χ3v) is 4.50. The fourth-order valence-electron chi connectivity index (χ4n) is 2.76. The highest BCUT2D eigenvalue weighted by molar-refractivity contribution is 6.09. The maximum atomic E-state index is 5.82. The van der Waals surface area contributed by atoms with Gasteiger partial charge in [-0.1, -0.05) is 13.3 Å². The Bertz CT molecular complexity index is 806. The summed E-state index contributed by atoms with van der Waals surface area (Å²) in [4.78, 5) is 13.6. The van der Waals surface area contributed by atoms with Gasteiger partial charge in [0.25, 0.3) is 0 Å². The van der Waals surface area contributed by atoms with E-state index in [-0.39, 0.29) is 0 Å². The second-order valence-corrected chi connectivity index (χ2v) is 6.79. The number of rotatable bonds is 8. The van der Waals surface area contributed by atoms with Gasteiger partial charge in [-0.3, -0.25) is 15.0 Å². The Morgan fingerprint density at radius 3 is 2.88 bits per heavy atom. The zero-order valence-corrected chi connectivity index (χ0v) is 15.6. The van der Waals surface area contributed by atoms with Gasteiger partial charge < -0.3 is 11.1 Å². The number of allylic oxidation sites excluding steroid dienone is 1. The van der Waals surface area contributed by atoms with Gasteiger partial charge in [-0.15, -0.1) is 0 Å². The molecule has 0 radical (unpaired) electrons. The molecular weight excluding hydrogens is 322 g/mol. The van der Waals surface area contributed by atoms with Crippen molar-refractivity contribution in [2.24, 2.45) is 16.6 Å². The average Bonchev–Trinajstić information content (AvgIpc) is 3.46. The van der Waals surface area contributed by atoms with E-state index in [1.54, 1.807) is 18.6 Å². The third kappa shape index (κ3) is 4.91. The molecule has 5 heteroatoms. The molecule has 0 aliphatic heterocycles. The summed E-state index contributed by atoms with van der Waals surface area (Å²) in [6, 6.07) is 7.97. The summed E-state index contributed by atoms with van der Waals surface area (Å²) in [5.41, 5.74) is 11.4. The Labute approximate surface area is 155 Å². The third-order valence-electron chi connectivity index (χ3n) is 4.50. The monoisotopic (exact) mass is 349 g/mol. The van der Waals surface area contributed by atoms with Crippen LogP contribution in [0.1, 0.15) is 43.3 Å². The van der Waals surface area contributed by atoms with Gasteiger partial charge in [0, 0.05) is 36.4 Å². The van der Waals surface area contributed by atoms with Gasteiger partial charge in [0.15, 0.2) is 0 Å². The van der Waals surface area contributed by atoms with Gasteiger partial charge in [-0.25, -0.2) is 0 Å². The lowest BCUT2D eigenvalue weighted by Gasteiger charge is -2.10. The molecule has 2 aromatic rings. The topological polar surface area (TPSA) is 76.2 Å². The SMILES string of the molecule is CCCc1cc(N=CC(=CN)c2ccc(NCC3CC3)c(C)n2)ccn1. The zero-order valence-electron chi connectivity index (χ0n) is 15.6. The highest BCUT2D eigenvalue weighted by Gasteiger charge is 2.20. The standard InChI is InChI=1S/C21H27N5/c1-3-4-18-11-19(9-10-23-18)24-14-17(12-22)21-8-7-20(15(2)26-21)25-13-16-5-6-16/h7-12,14,16,25H,3-6,13,22H2,1-2H3. The second-order valence-electron chi connectivity index (χ2n) is 6.79. The smallest absolute Gasteiger partial charge is 0.0736 e. The zero-order chi connectivity index (χ0) is 18.4. The van der Waals surface area contributed by atoms with Gasteiger partial charge in [-0.05, 0) is 56.4 Å². The van der Waals surface area contributed by atoms with E-state index in [2.05, 4.69) is 33.3 Å². The van der Waals surface area contributed by atoms with Gasteiger partial charge in [-0.2, -0.15) is 0 Å². The molecule has 26 heavy (non-hydrogen) atoms. The van der Waals surface area contributed by atoms with Crippen molar-refractivity contribution >= 4 is 23.2 Å². The molecule has 0 unspecified atom stereocenters. The number of nitrogens with two attached hydrogens (primary N) is 1. The van der Waals surface area contributed by atoms with E-state index >= 15 is 0 Å². The van der Waals surface area contributed by atoms with Crippen molar-refractivity contribution in [2.45, 2.75) is 39.5 Å². The Morgan fingerprint density at radius 1 is 1.35 bits per heavy atom. The summed E-state index contributed by atoms with van der Waals surface area (Å²) >= 11 is 0. The van der Waals surface area contributed by atoms with E-state index in [0.717, 1.165) is 59.3 Å². The summed E-state index contributed by atoms with van der Waals surface area (Å²) in [6.45, 7) is 5.19. The number of anilines is 1. The van der Waals surface area contributed by atoms with Gasteiger partial charge in [0.1, 0.15) is 0 Å². The minimum absolute atomic E-state index is 0.802. The average molecular weight is 349 g/mol. The molecule has 5 nitrogen and oxygen atoms in total. The Balaban J connectivity index is 1.71. The molecular formula is C21H27N5. The number of hydrogen-bond acceptors (Lipinski definition) is 5. The summed E-state index contributed by atoms with van der Waals surface area (Å²) in [5, 5.41) is 3.48. The summed E-state index contributed by atoms with van der Waals surface area (Å²) in [6.07, 6.45) is 9.82. The maximum absolute atomic E-state index is 5.82. The number of aliphatic imine (C=N–C) groups is 1. The predicted octanol–water partition coefficient (Wildman–Crippen LogP) is 4.26. The molecule has 0 bridgehead atoms. The van der Waals surface area contributed by atoms with Crippen molar-refractivity contribution < 1.29 is 0 Å². The molecule has 1 aliphatic rings. The van der Waals surface area contributed by atoms with Gasteiger partial charge >= 0.3 is 0 Å². The van der Waals surface area contributed by atoms with Crippen LogP contribution < -0.4 is 11.1 Å². The molecule has 136 valence electrons. The van der Waals surface area contributed by atoms with Crippen molar-refractivity contribution in [2.75, 3.05) is 11.9 Å². The quantitative estimate of drug-likeness (QED) is 0.698. The van der Waals surface area contributed by atoms with Crippen LogP contribution in [0.4, 0.5) is 11.4 Å². The number of aromatic nitrogens is 2. The molecule has 0 saturated heterocycles. The number of nitrogens with zero attached hydrogens (tertiary/aromatic N) is 3. The molecule has 2 heterocycles. The van der Waals surface area contributed by atoms with Gasteiger partial charge in [0.05, 0.1) is 22.8 Å². The first-order valence-corrected chi connectivity index (χ1v) is 9.32. The second kappa shape index (κ2) is 8.61. The van der Waals surface area contributed by atoms with Crippen molar-refractivity contribution in [1.82, 2.24) is 9.97 Å². The lowest BCUT2D eigenvalue weighted by atomic mass is 10.1. The molecule has 2 aromatic heterocycles. The largest absolute Gasteiger partial charge is 0.404 e. The predicted molar refractivity (Wildman–Crippen MR) is 109 cm³/mol. The van der Waals surface area contributed by atoms with E-state index < -0.39 is 0 Å². The lowest BCUT2D eigenvalue weighted by Crippen LogP contribution is -2.06. The van der Waals surface area contributed by atoms with Crippen molar-refractivity contribution in [3.05, 3.63) is 53.7 Å². The van der Waals surface area contributed by atoms with Crippen LogP contribution >= 0.6 is 0 Å². The van der Waals surface area contributed by atoms with Crippen LogP contribution in [-0.4, -0.2) is 22.7 Å². The molecule has 1 saturated carbocycles. The number of aryl methyl sites for hydroxylation is 2. The fraction of sp³-hybridized carbons (Fsp3) is 0.381. The van der Waals surface area contributed by atoms with Crippen molar-refractivity contribution in [1.29, 1.82) is 0 Å². The Morgan fingerprint density at radius 2 is 2.19 bits per heavy atom. The molecule has 3 rings (SSSR count). The number of pyridine rings is 2. The van der Waals surface area contributed by atoms with Crippen LogP contribution in [0.3, 0.4) is 0 Å². The van der Waals surface area contributed by atoms with E-state index in [1.807, 2.05) is 25.1 Å². The molecule has 3 N–H and O–H groups in total. The van der Waals surface area contributed by atoms with Crippen LogP contribution in [0.25, 0.3) is 5.57 Å². The molecule has 0 amide bonds. The Hall–Kier alpha value is -2.69. The first-order chi connectivity index (χ1) is 12.7. The van der Waals surface area contributed by atoms with Crippen molar-refractivity contribution in [3.63, 3.8) is 0 Å². The number of hydrogen-bond donors (Lipinski definition) is 2. The van der Waals surface area contributed by atoms with Crippen LogP contribution in [0.2, 0.25) is 0 Å². The molecule has 0 aromatic carbocycles. The molecule has 1 fully saturated rings. The molecule has 1 aliphatic carbocycles. The maximum Gasteiger partial charge on any atom is 0.0736 e. The van der Waals surface area contributed by atoms with E-state index in [9.17, 15) is 0 Å². The highest BCUT2D eigenvalue weighted by atomic mass is 14.9. The molecule has 0 atom stereocenters. The van der Waals surface area contributed by atoms with Crippen LogP contribution in [-0.2, 0) is 6.42 Å². The number of nitrogens with one attached hydrogen (secondary N) is 1. The van der Waals surface area contributed by atoms with E-state index in [1.165, 1.54) is 12.8 Å². The minimum atomic E-state index is 0.802. The summed E-state index contributed by atoms with van der Waals surface area (Å²) in [5.74, 6) is 0.832. The van der Waals surface area contributed by atoms with Crippen molar-refractivity contribution in [3.8, 4) is 0 Å². The lowest BCUT2D eigenvalue weighted by molar-refractivity contribution is 0.883. The first-order valence-electron chi connectivity index (χ1n) is 9.32. The van der Waals surface area contributed by atoms with Crippen LogP contribution in [0.15, 0.2) is 41.7 Å². The fourth-order valence-corrected chi connectivity index (χ4v) is 2.76. The summed E-state index contributed by atoms with van der Waals surface area (Å²) < 4.78 is 0. The van der Waals surface area contributed by atoms with Gasteiger partial charge in [0.2, 0.25) is 0 Å². The Kier molecular flexibility index (Phi) is 6.00. The molecule has 0 spiro atoms. The normalized spacial score (nSPS) is 14.8. The van der Waals surface area contributed by atoms with Crippen LogP contribution in [0.5, 0.6) is 0 Å². The van der Waals surface area contributed by atoms with Crippen LogP contribution in [0, 0.1) is 12.8 Å². The summed E-state index contributed by atoms with van der Waals surface area (Å²) in [7, 11) is 0. The first kappa shape index (κ1) is 18.1. The van der Waals surface area contributed by atoms with E-state index in [0.29, 0.717) is 0 Å². The minimum Gasteiger partial charge on any atom is -0.404 e. The highest BCUT2D eigenvalue weighted by Crippen LogP contribution is 2.29.